The van der Waals surface area contributed by atoms with Gasteiger partial charge in [-0.1, -0.05) is 29.8 Å². The van der Waals surface area contributed by atoms with Crippen LogP contribution in [0.4, 0.5) is 5.00 Å². The Balaban J connectivity index is 1.63. The minimum absolute atomic E-state index is 0.0353. The number of halogens is 1. The van der Waals surface area contributed by atoms with Gasteiger partial charge in [0, 0.05) is 21.2 Å². The molecular weight excluding hydrogens is 478 g/mol. The molecule has 3 aromatic heterocycles. The van der Waals surface area contributed by atoms with Crippen molar-refractivity contribution < 1.29 is 18.7 Å². The molecule has 0 bridgehead atoms. The number of amides is 1. The van der Waals surface area contributed by atoms with Crippen LogP contribution in [0.15, 0.2) is 69.2 Å². The minimum Gasteiger partial charge on any atom is -0.461 e. The van der Waals surface area contributed by atoms with Gasteiger partial charge in [-0.15, -0.1) is 11.3 Å². The molecule has 5 rings (SSSR count). The van der Waals surface area contributed by atoms with E-state index < -0.39 is 17.4 Å². The molecule has 8 nitrogen and oxygen atoms in total. The van der Waals surface area contributed by atoms with E-state index in [1.165, 1.54) is 0 Å². The van der Waals surface area contributed by atoms with E-state index >= 15 is 0 Å². The number of nitrogens with zero attached hydrogens (tertiary/aromatic N) is 2. The standard InChI is InChI=1S/C24H16ClN3O5S/c1-2-32-24(31)20-16-12-34-22(26-21(29)18-11-13-5-3-4-6-17(13)33-18)19(16)23(30)28(27-20)15-9-7-14(25)8-10-15/h3-12H,2H2,1H3,(H,26,29). The smallest absolute Gasteiger partial charge is 0.359 e. The highest BCUT2D eigenvalue weighted by atomic mass is 35.5. The van der Waals surface area contributed by atoms with E-state index in [9.17, 15) is 14.4 Å². The minimum atomic E-state index is -0.678. The van der Waals surface area contributed by atoms with Crippen LogP contribution in [0.3, 0.4) is 0 Å². The number of furan rings is 1. The summed E-state index contributed by atoms with van der Waals surface area (Å²) in [6.45, 7) is 1.82. The number of thiophene rings is 1. The van der Waals surface area contributed by atoms with Crippen LogP contribution in [0.2, 0.25) is 5.02 Å². The van der Waals surface area contributed by atoms with Crippen LogP contribution in [0.5, 0.6) is 0 Å². The monoisotopic (exact) mass is 493 g/mol. The van der Waals surface area contributed by atoms with Gasteiger partial charge in [-0.25, -0.2) is 4.79 Å². The van der Waals surface area contributed by atoms with Gasteiger partial charge in [-0.3, -0.25) is 9.59 Å². The Morgan fingerprint density at radius 1 is 1.18 bits per heavy atom. The number of para-hydroxylation sites is 1. The number of aromatic nitrogens is 2. The van der Waals surface area contributed by atoms with Crippen LogP contribution < -0.4 is 10.9 Å². The zero-order valence-corrected chi connectivity index (χ0v) is 19.3. The fourth-order valence-corrected chi connectivity index (χ4v) is 4.57. The summed E-state index contributed by atoms with van der Waals surface area (Å²) >= 11 is 7.08. The Hall–Kier alpha value is -3.95. The molecule has 0 saturated carbocycles. The average molecular weight is 494 g/mol. The predicted molar refractivity (Wildman–Crippen MR) is 130 cm³/mol. The van der Waals surface area contributed by atoms with Crippen LogP contribution in [0.1, 0.15) is 28.0 Å². The lowest BCUT2D eigenvalue weighted by Crippen LogP contribution is -2.25. The predicted octanol–water partition coefficient (Wildman–Crippen LogP) is 5.28. The number of anilines is 1. The van der Waals surface area contributed by atoms with Gasteiger partial charge in [0.15, 0.2) is 11.5 Å². The van der Waals surface area contributed by atoms with Gasteiger partial charge in [0.2, 0.25) is 0 Å². The number of fused-ring (bicyclic) bond motifs is 2. The molecule has 1 N–H and O–H groups in total. The highest BCUT2D eigenvalue weighted by Crippen LogP contribution is 2.31. The molecule has 0 fully saturated rings. The number of carbonyl (C=O) groups excluding carboxylic acids is 2. The molecule has 10 heteroatoms. The van der Waals surface area contributed by atoms with Gasteiger partial charge in [0.25, 0.3) is 11.5 Å². The number of hydrogen-bond acceptors (Lipinski definition) is 7. The summed E-state index contributed by atoms with van der Waals surface area (Å²) in [6, 6.07) is 15.3. The second-order valence-electron chi connectivity index (χ2n) is 7.22. The molecule has 0 aliphatic carbocycles. The summed E-state index contributed by atoms with van der Waals surface area (Å²) in [7, 11) is 0. The van der Waals surface area contributed by atoms with Crippen molar-refractivity contribution in [3.63, 3.8) is 0 Å². The van der Waals surface area contributed by atoms with Gasteiger partial charge < -0.3 is 14.5 Å². The SMILES string of the molecule is CCOC(=O)c1nn(-c2ccc(Cl)cc2)c(=O)c2c(NC(=O)c3cc4ccccc4o3)scc12. The topological polar surface area (TPSA) is 103 Å². The number of hydrogen-bond donors (Lipinski definition) is 1. The number of carbonyl (C=O) groups is 2. The molecular formula is C24H16ClN3O5S. The summed E-state index contributed by atoms with van der Waals surface area (Å²) in [5.41, 5.74) is 0.434. The first-order valence-electron chi connectivity index (χ1n) is 10.2. The number of nitrogens with one attached hydrogen (secondary N) is 1. The van der Waals surface area contributed by atoms with E-state index in [2.05, 4.69) is 10.4 Å². The Kier molecular flexibility index (Phi) is 5.64. The van der Waals surface area contributed by atoms with Crippen molar-refractivity contribution in [2.24, 2.45) is 0 Å². The third-order valence-corrected chi connectivity index (χ3v) is 6.22. The molecule has 1 amide bonds. The molecule has 3 heterocycles. The van der Waals surface area contributed by atoms with Crippen molar-refractivity contribution in [3.05, 3.63) is 86.8 Å². The van der Waals surface area contributed by atoms with Crippen LogP contribution in [-0.2, 0) is 4.74 Å². The molecule has 0 atom stereocenters. The summed E-state index contributed by atoms with van der Waals surface area (Å²) in [6.07, 6.45) is 0. The summed E-state index contributed by atoms with van der Waals surface area (Å²) in [5.74, 6) is -1.10. The lowest BCUT2D eigenvalue weighted by molar-refractivity contribution is 0.0520. The van der Waals surface area contributed by atoms with Crippen molar-refractivity contribution in [2.75, 3.05) is 11.9 Å². The fraction of sp³-hybridized carbons (Fsp3) is 0.0833. The molecule has 5 aromatic rings. The van der Waals surface area contributed by atoms with Gasteiger partial charge in [-0.2, -0.15) is 9.78 Å². The average Bonchev–Trinajstić information content (AvgIpc) is 3.45. The maximum atomic E-state index is 13.4. The van der Waals surface area contributed by atoms with Crippen molar-refractivity contribution in [2.45, 2.75) is 6.92 Å². The zero-order valence-electron chi connectivity index (χ0n) is 17.7. The molecule has 0 spiro atoms. The van der Waals surface area contributed by atoms with Crippen LogP contribution in [-0.4, -0.2) is 28.3 Å². The van der Waals surface area contributed by atoms with Gasteiger partial charge in [0.1, 0.15) is 10.6 Å². The van der Waals surface area contributed by atoms with Gasteiger partial charge in [-0.05, 0) is 43.3 Å². The molecule has 0 radical (unpaired) electrons. The normalized spacial score (nSPS) is 11.1. The Bertz CT molecular complexity index is 1580. The molecule has 0 unspecified atom stereocenters. The van der Waals surface area contributed by atoms with Crippen LogP contribution in [0.25, 0.3) is 27.4 Å². The summed E-state index contributed by atoms with van der Waals surface area (Å²) in [4.78, 5) is 39.0. The summed E-state index contributed by atoms with van der Waals surface area (Å²) < 4.78 is 11.9. The Labute approximate surface area is 201 Å². The van der Waals surface area contributed by atoms with Crippen molar-refractivity contribution >= 4 is 61.6 Å². The van der Waals surface area contributed by atoms with Crippen LogP contribution >= 0.6 is 22.9 Å². The molecule has 170 valence electrons. The second-order valence-corrected chi connectivity index (χ2v) is 8.53. The quantitative estimate of drug-likeness (QED) is 0.334. The third-order valence-electron chi connectivity index (χ3n) is 5.07. The Morgan fingerprint density at radius 3 is 2.68 bits per heavy atom. The first-order chi connectivity index (χ1) is 16.5. The number of rotatable bonds is 5. The number of esters is 1. The van der Waals surface area contributed by atoms with E-state index in [0.29, 0.717) is 21.7 Å². The molecule has 0 aliphatic heterocycles. The lowest BCUT2D eigenvalue weighted by atomic mass is 10.2. The first-order valence-corrected chi connectivity index (χ1v) is 11.5. The number of benzene rings is 2. The van der Waals surface area contributed by atoms with Crippen LogP contribution in [0, 0.1) is 0 Å². The van der Waals surface area contributed by atoms with E-state index in [4.69, 9.17) is 20.8 Å². The molecule has 2 aromatic carbocycles. The molecule has 34 heavy (non-hydrogen) atoms. The van der Waals surface area contributed by atoms with Crippen molar-refractivity contribution in [1.29, 1.82) is 0 Å². The van der Waals surface area contributed by atoms with Crippen molar-refractivity contribution in [3.8, 4) is 5.69 Å². The lowest BCUT2D eigenvalue weighted by Gasteiger charge is -2.10. The van der Waals surface area contributed by atoms with E-state index in [-0.39, 0.29) is 28.4 Å². The highest BCUT2D eigenvalue weighted by molar-refractivity contribution is 7.16. The van der Waals surface area contributed by atoms with E-state index in [1.807, 2.05) is 18.2 Å². The molecule has 0 saturated heterocycles. The summed E-state index contributed by atoms with van der Waals surface area (Å²) in [5, 5.41) is 10.6. The largest absolute Gasteiger partial charge is 0.461 e. The number of ether oxygens (including phenoxy) is 1. The van der Waals surface area contributed by atoms with Gasteiger partial charge in [0.05, 0.1) is 17.7 Å². The van der Waals surface area contributed by atoms with Crippen molar-refractivity contribution in [1.82, 2.24) is 9.78 Å². The Morgan fingerprint density at radius 2 is 1.94 bits per heavy atom. The highest BCUT2D eigenvalue weighted by Gasteiger charge is 2.24. The maximum Gasteiger partial charge on any atom is 0.359 e. The second kappa shape index (κ2) is 8.77. The van der Waals surface area contributed by atoms with E-state index in [1.54, 1.807) is 48.7 Å². The zero-order chi connectivity index (χ0) is 23.8. The fourth-order valence-electron chi connectivity index (χ4n) is 3.51. The van der Waals surface area contributed by atoms with Gasteiger partial charge >= 0.3 is 5.97 Å². The molecule has 0 aliphatic rings. The maximum absolute atomic E-state index is 13.4. The third kappa shape index (κ3) is 3.85. The first kappa shape index (κ1) is 21.9. The van der Waals surface area contributed by atoms with E-state index in [0.717, 1.165) is 21.4 Å².